The van der Waals surface area contributed by atoms with Crippen molar-refractivity contribution >= 4 is 17.6 Å². The van der Waals surface area contributed by atoms with Crippen molar-refractivity contribution in [1.29, 1.82) is 0 Å². The Labute approximate surface area is 234 Å². The van der Waals surface area contributed by atoms with E-state index in [4.69, 9.17) is 0 Å². The van der Waals surface area contributed by atoms with Crippen molar-refractivity contribution in [2.45, 2.75) is 74.4 Å². The van der Waals surface area contributed by atoms with Gasteiger partial charge in [-0.25, -0.2) is 13.2 Å². The van der Waals surface area contributed by atoms with Crippen LogP contribution in [0.15, 0.2) is 42.5 Å². The summed E-state index contributed by atoms with van der Waals surface area (Å²) < 4.78 is 85.9. The number of aliphatic carboxylic acids is 1. The first kappa shape index (κ1) is 29.3. The number of anilines is 1. The summed E-state index contributed by atoms with van der Waals surface area (Å²) >= 11 is 0. The van der Waals surface area contributed by atoms with Crippen LogP contribution in [0.3, 0.4) is 0 Å². The number of alkyl halides is 5. The lowest BCUT2D eigenvalue weighted by atomic mass is 9.66. The lowest BCUT2D eigenvalue weighted by Crippen LogP contribution is -2.59. The van der Waals surface area contributed by atoms with Crippen LogP contribution in [-0.4, -0.2) is 59.9 Å². The Hall–Kier alpha value is -3.24. The Morgan fingerprint density at radius 2 is 1.73 bits per heavy atom. The fourth-order valence-corrected chi connectivity index (χ4v) is 6.96. The summed E-state index contributed by atoms with van der Waals surface area (Å²) in [6.45, 7) is 0.768. The first-order valence-corrected chi connectivity index (χ1v) is 13.7. The van der Waals surface area contributed by atoms with Crippen molar-refractivity contribution < 1.29 is 41.0 Å². The van der Waals surface area contributed by atoms with E-state index in [1.165, 1.54) is 29.2 Å². The van der Waals surface area contributed by atoms with Gasteiger partial charge in [-0.1, -0.05) is 24.3 Å². The van der Waals surface area contributed by atoms with Gasteiger partial charge in [-0.15, -0.1) is 0 Å². The zero-order chi connectivity index (χ0) is 30.0. The van der Waals surface area contributed by atoms with E-state index in [0.29, 0.717) is 30.2 Å². The molecule has 0 bridgehead atoms. The predicted molar refractivity (Wildman–Crippen MR) is 140 cm³/mol. The highest BCUT2D eigenvalue weighted by Crippen LogP contribution is 2.53. The van der Waals surface area contributed by atoms with Gasteiger partial charge < -0.3 is 14.9 Å². The second-order valence-corrected chi connectivity index (χ2v) is 11.9. The number of hydrogen-bond donors (Lipinski definition) is 1. The average molecular weight is 583 g/mol. The molecule has 2 aliphatic heterocycles. The van der Waals surface area contributed by atoms with E-state index < -0.39 is 58.1 Å². The van der Waals surface area contributed by atoms with Crippen LogP contribution in [0.4, 0.5) is 32.0 Å². The molecule has 5 rings (SSSR count). The summed E-state index contributed by atoms with van der Waals surface area (Å²) in [5, 5.41) is 9.31. The number of carbonyl (C=O) groups excluding carboxylic acids is 1. The van der Waals surface area contributed by atoms with Crippen molar-refractivity contribution in [1.82, 2.24) is 4.90 Å². The summed E-state index contributed by atoms with van der Waals surface area (Å²) in [5.74, 6) is -2.93. The molecule has 0 aromatic heterocycles. The fraction of sp³-hybridized carbons (Fsp3) is 0.533. The standard InChI is InChI=1S/C30H32F6N2O3/c1-27(32,30(34,35)36)20-6-7-22-23(15-20)37(2)17-24-28(22,16-18-4-3-5-21(31)14-18)12-13-38(24)26(41)29(33)10-8-19(9-11-29)25(39)40/h3-7,14-15,19,24H,8-13,16-17H2,1-2H3,(H,39,40). The molecule has 222 valence electrons. The maximum Gasteiger partial charge on any atom is 0.426 e. The molecule has 2 heterocycles. The normalized spacial score (nSPS) is 29.5. The quantitative estimate of drug-likeness (QED) is 0.434. The zero-order valence-electron chi connectivity index (χ0n) is 22.8. The SMILES string of the molecule is CN1CC2N(C(=O)C3(F)CCC(C(=O)O)CC3)CCC2(Cc2cccc(F)c2)c2ccc(C(C)(F)C(F)(F)F)cc21. The minimum atomic E-state index is -5.14. The van der Waals surface area contributed by atoms with Crippen LogP contribution in [0, 0.1) is 11.7 Å². The molecule has 11 heteroatoms. The number of nitrogens with zero attached hydrogens (tertiary/aromatic N) is 2. The maximum absolute atomic E-state index is 16.1. The third-order valence-corrected chi connectivity index (χ3v) is 9.46. The number of benzene rings is 2. The summed E-state index contributed by atoms with van der Waals surface area (Å²) in [6, 6.07) is 9.04. The van der Waals surface area contributed by atoms with Crippen molar-refractivity contribution in [2.24, 2.45) is 5.92 Å². The number of fused-ring (bicyclic) bond motifs is 3. The van der Waals surface area contributed by atoms with E-state index in [9.17, 15) is 36.6 Å². The molecule has 2 fully saturated rings. The van der Waals surface area contributed by atoms with E-state index in [1.807, 2.05) is 0 Å². The number of likely N-dealkylation sites (tertiary alicyclic amines) is 1. The van der Waals surface area contributed by atoms with Crippen LogP contribution in [0.2, 0.25) is 0 Å². The molecule has 1 aliphatic carbocycles. The lowest BCUT2D eigenvalue weighted by Gasteiger charge is -2.48. The number of carbonyl (C=O) groups is 2. The van der Waals surface area contributed by atoms with Gasteiger partial charge in [0, 0.05) is 36.8 Å². The minimum Gasteiger partial charge on any atom is -0.481 e. The Bertz CT molecular complexity index is 1350. The van der Waals surface area contributed by atoms with Crippen LogP contribution in [0.25, 0.3) is 0 Å². The monoisotopic (exact) mass is 582 g/mol. The molecule has 5 nitrogen and oxygen atoms in total. The summed E-state index contributed by atoms with van der Waals surface area (Å²) in [7, 11) is 1.63. The molecule has 3 unspecified atom stereocenters. The topological polar surface area (TPSA) is 60.9 Å². The number of amides is 1. The summed E-state index contributed by atoms with van der Waals surface area (Å²) in [6.07, 6.45) is -4.93. The van der Waals surface area contributed by atoms with Gasteiger partial charge in [0.1, 0.15) is 5.82 Å². The maximum atomic E-state index is 16.1. The van der Waals surface area contributed by atoms with Crippen molar-refractivity contribution in [3.8, 4) is 0 Å². The van der Waals surface area contributed by atoms with Gasteiger partial charge in [-0.2, -0.15) is 13.2 Å². The molecule has 3 aliphatic rings. The van der Waals surface area contributed by atoms with Crippen LogP contribution in [0.1, 0.15) is 55.7 Å². The predicted octanol–water partition coefficient (Wildman–Crippen LogP) is 6.09. The number of carboxylic acid groups (broad SMARTS) is 1. The third-order valence-electron chi connectivity index (χ3n) is 9.46. The molecule has 0 spiro atoms. The van der Waals surface area contributed by atoms with E-state index in [1.54, 1.807) is 24.1 Å². The van der Waals surface area contributed by atoms with Crippen LogP contribution >= 0.6 is 0 Å². The lowest BCUT2D eigenvalue weighted by molar-refractivity contribution is -0.228. The number of likely N-dealkylation sites (N-methyl/N-ethyl adjacent to an activating group) is 1. The third kappa shape index (κ3) is 4.84. The highest BCUT2D eigenvalue weighted by Gasteiger charge is 2.58. The van der Waals surface area contributed by atoms with E-state index in [0.717, 1.165) is 6.07 Å². The molecule has 1 amide bonds. The van der Waals surface area contributed by atoms with Crippen molar-refractivity contribution in [3.63, 3.8) is 0 Å². The molecule has 0 radical (unpaired) electrons. The first-order valence-electron chi connectivity index (χ1n) is 13.7. The number of rotatable bonds is 5. The van der Waals surface area contributed by atoms with Crippen LogP contribution in [0.5, 0.6) is 0 Å². The Morgan fingerprint density at radius 1 is 1.05 bits per heavy atom. The Morgan fingerprint density at radius 3 is 2.34 bits per heavy atom. The number of hydrogen-bond acceptors (Lipinski definition) is 3. The van der Waals surface area contributed by atoms with Gasteiger partial charge in [-0.3, -0.25) is 9.59 Å². The van der Waals surface area contributed by atoms with Gasteiger partial charge in [0.25, 0.3) is 5.91 Å². The molecule has 1 saturated heterocycles. The van der Waals surface area contributed by atoms with E-state index in [2.05, 4.69) is 0 Å². The average Bonchev–Trinajstić information content (AvgIpc) is 3.26. The molecule has 41 heavy (non-hydrogen) atoms. The van der Waals surface area contributed by atoms with Gasteiger partial charge >= 0.3 is 12.1 Å². The molecule has 2 aromatic rings. The van der Waals surface area contributed by atoms with Crippen LogP contribution in [-0.2, 0) is 27.1 Å². The molecule has 1 saturated carbocycles. The molecule has 3 atom stereocenters. The van der Waals surface area contributed by atoms with Gasteiger partial charge in [0.2, 0.25) is 5.67 Å². The van der Waals surface area contributed by atoms with Gasteiger partial charge in [0.15, 0.2) is 5.67 Å². The van der Waals surface area contributed by atoms with Crippen molar-refractivity contribution in [3.05, 3.63) is 65.0 Å². The fourth-order valence-electron chi connectivity index (χ4n) is 6.96. The Balaban J connectivity index is 1.56. The molecule has 1 N–H and O–H groups in total. The molecular formula is C30H32F6N2O3. The van der Waals surface area contributed by atoms with E-state index >= 15 is 4.39 Å². The molecular weight excluding hydrogens is 550 g/mol. The van der Waals surface area contributed by atoms with Gasteiger partial charge in [-0.05, 0) is 74.8 Å². The van der Waals surface area contributed by atoms with E-state index in [-0.39, 0.29) is 45.2 Å². The smallest absolute Gasteiger partial charge is 0.426 e. The second kappa shape index (κ2) is 9.94. The first-order chi connectivity index (χ1) is 19.1. The second-order valence-electron chi connectivity index (χ2n) is 11.9. The number of carboxylic acids is 1. The summed E-state index contributed by atoms with van der Waals surface area (Å²) in [4.78, 5) is 28.3. The largest absolute Gasteiger partial charge is 0.481 e. The zero-order valence-corrected chi connectivity index (χ0v) is 22.8. The highest BCUT2D eigenvalue weighted by molar-refractivity contribution is 5.87. The van der Waals surface area contributed by atoms with Gasteiger partial charge in [0.05, 0.1) is 12.0 Å². The van der Waals surface area contributed by atoms with Crippen molar-refractivity contribution in [2.75, 3.05) is 25.0 Å². The van der Waals surface area contributed by atoms with Crippen LogP contribution < -0.4 is 4.90 Å². The molecule has 2 aromatic carbocycles. The summed E-state index contributed by atoms with van der Waals surface area (Å²) in [5.41, 5.74) is -5.72. The highest BCUT2D eigenvalue weighted by atomic mass is 19.4. The minimum absolute atomic E-state index is 0.0389. The number of halogens is 6. The Kier molecular flexibility index (Phi) is 7.10.